The van der Waals surface area contributed by atoms with E-state index in [1.54, 1.807) is 12.3 Å². The molecular formula is C23H25N5O4S. The van der Waals surface area contributed by atoms with Gasteiger partial charge in [-0.15, -0.1) is 0 Å². The fourth-order valence-corrected chi connectivity index (χ4v) is 5.09. The molecule has 2 aromatic carbocycles. The summed E-state index contributed by atoms with van der Waals surface area (Å²) in [5.74, 6) is -0.140. The first-order chi connectivity index (χ1) is 15.9. The Labute approximate surface area is 192 Å². The predicted molar refractivity (Wildman–Crippen MR) is 123 cm³/mol. The van der Waals surface area contributed by atoms with E-state index in [9.17, 15) is 18.0 Å². The summed E-state index contributed by atoms with van der Waals surface area (Å²) in [6, 6.07) is 15.2. The quantitative estimate of drug-likeness (QED) is 0.491. The van der Waals surface area contributed by atoms with Crippen molar-refractivity contribution in [1.29, 1.82) is 0 Å². The standard InChI is InChI=1S/C23H25N5O4S/c1-2-19(22-25-14-20(26-22)16-7-4-3-5-8-16)27-23(30)17-9-6-10-18(13-17)33(31,32)28-12-11-24-21(29)15-28/h3-10,13-14,19H,2,11-12,15H2,1H3,(H,24,29)(H,25,26)(H,27,30). The summed E-state index contributed by atoms with van der Waals surface area (Å²) in [7, 11) is -3.89. The van der Waals surface area contributed by atoms with Crippen LogP contribution in [0.5, 0.6) is 0 Å². The van der Waals surface area contributed by atoms with Crippen LogP contribution < -0.4 is 10.6 Å². The van der Waals surface area contributed by atoms with E-state index < -0.39 is 15.9 Å². The van der Waals surface area contributed by atoms with Gasteiger partial charge >= 0.3 is 0 Å². The predicted octanol–water partition coefficient (Wildman–Crippen LogP) is 2.08. The summed E-state index contributed by atoms with van der Waals surface area (Å²) < 4.78 is 27.0. The maximum absolute atomic E-state index is 12.9. The first-order valence-corrected chi connectivity index (χ1v) is 12.1. The molecule has 2 amide bonds. The van der Waals surface area contributed by atoms with Gasteiger partial charge in [0.15, 0.2) is 0 Å². The number of H-pyrrole nitrogens is 1. The smallest absolute Gasteiger partial charge is 0.251 e. The van der Waals surface area contributed by atoms with Gasteiger partial charge in [0.05, 0.1) is 29.4 Å². The minimum absolute atomic E-state index is 0.0257. The van der Waals surface area contributed by atoms with Crippen LogP contribution in [0.2, 0.25) is 0 Å². The Morgan fingerprint density at radius 1 is 1.18 bits per heavy atom. The van der Waals surface area contributed by atoms with E-state index in [-0.39, 0.29) is 42.0 Å². The number of aromatic nitrogens is 2. The van der Waals surface area contributed by atoms with Gasteiger partial charge in [0.2, 0.25) is 15.9 Å². The Balaban J connectivity index is 1.51. The SMILES string of the molecule is CCC(NC(=O)c1cccc(S(=O)(=O)N2CCNC(=O)C2)c1)c1ncc(-c2ccccc2)[nH]1. The summed E-state index contributed by atoms with van der Waals surface area (Å²) in [5.41, 5.74) is 2.05. The zero-order chi connectivity index (χ0) is 23.4. The lowest BCUT2D eigenvalue weighted by Gasteiger charge is -2.26. The molecule has 3 aromatic rings. The molecule has 172 valence electrons. The second-order valence-electron chi connectivity index (χ2n) is 7.70. The Kier molecular flexibility index (Phi) is 6.57. The number of nitrogens with one attached hydrogen (secondary N) is 3. The van der Waals surface area contributed by atoms with Crippen LogP contribution in [-0.4, -0.2) is 54.1 Å². The van der Waals surface area contributed by atoms with E-state index in [1.807, 2.05) is 37.3 Å². The molecule has 2 heterocycles. The number of aromatic amines is 1. The molecule has 0 bridgehead atoms. The molecule has 1 unspecified atom stereocenters. The molecule has 1 aliphatic heterocycles. The monoisotopic (exact) mass is 467 g/mol. The van der Waals surface area contributed by atoms with E-state index in [0.717, 1.165) is 15.6 Å². The van der Waals surface area contributed by atoms with Gasteiger partial charge in [0, 0.05) is 18.7 Å². The lowest BCUT2D eigenvalue weighted by atomic mass is 10.1. The number of hydrogen-bond donors (Lipinski definition) is 3. The van der Waals surface area contributed by atoms with Crippen LogP contribution >= 0.6 is 0 Å². The van der Waals surface area contributed by atoms with Crippen molar-refractivity contribution in [3.8, 4) is 11.3 Å². The minimum Gasteiger partial charge on any atom is -0.354 e. The van der Waals surface area contributed by atoms with Crippen molar-refractivity contribution in [1.82, 2.24) is 24.9 Å². The van der Waals surface area contributed by atoms with Crippen molar-refractivity contribution in [2.45, 2.75) is 24.3 Å². The van der Waals surface area contributed by atoms with Crippen LogP contribution in [0.1, 0.15) is 35.6 Å². The molecule has 1 aliphatic rings. The highest BCUT2D eigenvalue weighted by atomic mass is 32.2. The molecule has 0 spiro atoms. The number of carbonyl (C=O) groups is 2. The van der Waals surface area contributed by atoms with Crippen LogP contribution in [0.15, 0.2) is 65.7 Å². The zero-order valence-electron chi connectivity index (χ0n) is 18.1. The van der Waals surface area contributed by atoms with Crippen LogP contribution in [-0.2, 0) is 14.8 Å². The highest BCUT2D eigenvalue weighted by Gasteiger charge is 2.29. The van der Waals surface area contributed by atoms with Gasteiger partial charge in [-0.1, -0.05) is 43.3 Å². The first-order valence-electron chi connectivity index (χ1n) is 10.7. The molecule has 0 saturated carbocycles. The average Bonchev–Trinajstić information content (AvgIpc) is 3.33. The van der Waals surface area contributed by atoms with E-state index in [1.165, 1.54) is 18.2 Å². The summed E-state index contributed by atoms with van der Waals surface area (Å²) >= 11 is 0. The Morgan fingerprint density at radius 3 is 2.70 bits per heavy atom. The average molecular weight is 468 g/mol. The molecule has 9 nitrogen and oxygen atoms in total. The number of piperazine rings is 1. The van der Waals surface area contributed by atoms with Crippen molar-refractivity contribution >= 4 is 21.8 Å². The molecular weight excluding hydrogens is 442 g/mol. The van der Waals surface area contributed by atoms with Crippen LogP contribution in [0, 0.1) is 0 Å². The van der Waals surface area contributed by atoms with Gasteiger partial charge in [-0.3, -0.25) is 9.59 Å². The molecule has 0 aliphatic carbocycles. The van der Waals surface area contributed by atoms with Crippen molar-refractivity contribution in [2.75, 3.05) is 19.6 Å². The van der Waals surface area contributed by atoms with E-state index in [0.29, 0.717) is 12.2 Å². The molecule has 4 rings (SSSR count). The topological polar surface area (TPSA) is 124 Å². The first kappa shape index (κ1) is 22.7. The fraction of sp³-hybridized carbons (Fsp3) is 0.261. The maximum Gasteiger partial charge on any atom is 0.251 e. The summed E-state index contributed by atoms with van der Waals surface area (Å²) in [4.78, 5) is 32.2. The number of rotatable bonds is 7. The number of nitrogens with zero attached hydrogens (tertiary/aromatic N) is 2. The molecule has 1 fully saturated rings. The van der Waals surface area contributed by atoms with Crippen LogP contribution in [0.3, 0.4) is 0 Å². The fourth-order valence-electron chi connectivity index (χ4n) is 3.65. The van der Waals surface area contributed by atoms with Crippen LogP contribution in [0.25, 0.3) is 11.3 Å². The van der Waals surface area contributed by atoms with E-state index >= 15 is 0 Å². The second-order valence-corrected chi connectivity index (χ2v) is 9.64. The van der Waals surface area contributed by atoms with Gasteiger partial charge in [0.1, 0.15) is 5.82 Å². The highest BCUT2D eigenvalue weighted by Crippen LogP contribution is 2.22. The summed E-state index contributed by atoms with van der Waals surface area (Å²) in [5, 5.41) is 5.53. The Bertz CT molecular complexity index is 1260. The molecule has 1 aromatic heterocycles. The third-order valence-electron chi connectivity index (χ3n) is 5.46. The number of amides is 2. The molecule has 10 heteroatoms. The van der Waals surface area contributed by atoms with Gasteiger partial charge in [-0.25, -0.2) is 13.4 Å². The molecule has 33 heavy (non-hydrogen) atoms. The number of hydrogen-bond acceptors (Lipinski definition) is 5. The van der Waals surface area contributed by atoms with E-state index in [2.05, 4.69) is 20.6 Å². The highest BCUT2D eigenvalue weighted by molar-refractivity contribution is 7.89. The number of carbonyl (C=O) groups excluding carboxylic acids is 2. The largest absolute Gasteiger partial charge is 0.354 e. The molecule has 1 atom stereocenters. The minimum atomic E-state index is -3.89. The van der Waals surface area contributed by atoms with Gasteiger partial charge in [0.25, 0.3) is 5.91 Å². The molecule has 1 saturated heterocycles. The molecule has 3 N–H and O–H groups in total. The molecule has 0 radical (unpaired) electrons. The summed E-state index contributed by atoms with van der Waals surface area (Å²) in [6.07, 6.45) is 2.32. The maximum atomic E-state index is 12.9. The Hall–Kier alpha value is -3.50. The van der Waals surface area contributed by atoms with Crippen molar-refractivity contribution in [3.63, 3.8) is 0 Å². The number of sulfonamides is 1. The number of imidazole rings is 1. The second kappa shape index (κ2) is 9.55. The van der Waals surface area contributed by atoms with Crippen molar-refractivity contribution in [3.05, 3.63) is 72.2 Å². The van der Waals surface area contributed by atoms with E-state index in [4.69, 9.17) is 0 Å². The summed E-state index contributed by atoms with van der Waals surface area (Å²) in [6.45, 7) is 2.13. The van der Waals surface area contributed by atoms with Gasteiger partial charge in [-0.05, 0) is 30.2 Å². The zero-order valence-corrected chi connectivity index (χ0v) is 18.9. The van der Waals surface area contributed by atoms with Gasteiger partial charge < -0.3 is 15.6 Å². The van der Waals surface area contributed by atoms with Crippen molar-refractivity contribution < 1.29 is 18.0 Å². The van der Waals surface area contributed by atoms with Crippen LogP contribution in [0.4, 0.5) is 0 Å². The normalized spacial score (nSPS) is 15.6. The van der Waals surface area contributed by atoms with Crippen molar-refractivity contribution in [2.24, 2.45) is 0 Å². The lowest BCUT2D eigenvalue weighted by Crippen LogP contribution is -2.49. The Morgan fingerprint density at radius 2 is 1.97 bits per heavy atom. The third kappa shape index (κ3) is 4.96. The lowest BCUT2D eigenvalue weighted by molar-refractivity contribution is -0.122. The van der Waals surface area contributed by atoms with Gasteiger partial charge in [-0.2, -0.15) is 4.31 Å². The third-order valence-corrected chi connectivity index (χ3v) is 7.30. The number of benzene rings is 2.